The zero-order chi connectivity index (χ0) is 9.61. The molecule has 1 fully saturated rings. The first kappa shape index (κ1) is 11.9. The third-order valence-corrected chi connectivity index (χ3v) is 2.90. The van der Waals surface area contributed by atoms with Gasteiger partial charge in [-0.3, -0.25) is 4.90 Å². The second kappa shape index (κ2) is 5.55. The van der Waals surface area contributed by atoms with Crippen LogP contribution in [0.1, 0.15) is 40.0 Å². The van der Waals surface area contributed by atoms with E-state index in [0.717, 1.165) is 19.4 Å². The number of rotatable bonds is 2. The Morgan fingerprint density at radius 2 is 2.00 bits per heavy atom. The van der Waals surface area contributed by atoms with Gasteiger partial charge in [0.25, 0.3) is 0 Å². The molecule has 0 spiro atoms. The first-order chi connectivity index (χ1) is 5.75. The number of likely N-dealkylation sites (tertiary alicyclic amines) is 1. The van der Waals surface area contributed by atoms with Gasteiger partial charge < -0.3 is 5.11 Å². The fourth-order valence-electron chi connectivity index (χ4n) is 1.83. The van der Waals surface area contributed by atoms with Gasteiger partial charge in [-0.2, -0.15) is 0 Å². The van der Waals surface area contributed by atoms with Crippen LogP contribution in [0.15, 0.2) is 0 Å². The van der Waals surface area contributed by atoms with Crippen molar-refractivity contribution in [2.75, 3.05) is 20.2 Å². The third kappa shape index (κ3) is 2.20. The molecule has 0 unspecified atom stereocenters. The number of aliphatic hydroxyl groups is 1. The highest BCUT2D eigenvalue weighted by atomic mass is 16.3. The van der Waals surface area contributed by atoms with Crippen molar-refractivity contribution in [1.29, 1.82) is 0 Å². The molecule has 2 nitrogen and oxygen atoms in total. The lowest BCUT2D eigenvalue weighted by atomic mass is 9.94. The van der Waals surface area contributed by atoms with Crippen molar-refractivity contribution < 1.29 is 5.11 Å². The van der Waals surface area contributed by atoms with Crippen molar-refractivity contribution in [2.24, 2.45) is 0 Å². The molecule has 0 aromatic heterocycles. The molecule has 0 aliphatic carbocycles. The zero-order valence-corrected chi connectivity index (χ0v) is 8.93. The normalized spacial score (nSPS) is 29.8. The summed E-state index contributed by atoms with van der Waals surface area (Å²) < 4.78 is 0. The van der Waals surface area contributed by atoms with Crippen LogP contribution in [0.4, 0.5) is 0 Å². The molecule has 1 saturated heterocycles. The molecule has 1 heterocycles. The molecule has 2 heteroatoms. The van der Waals surface area contributed by atoms with Gasteiger partial charge in [-0.1, -0.05) is 20.8 Å². The first-order valence-electron chi connectivity index (χ1n) is 5.07. The van der Waals surface area contributed by atoms with E-state index >= 15 is 0 Å². The highest BCUT2D eigenvalue weighted by molar-refractivity contribution is 4.92. The molecule has 1 rings (SSSR count). The predicted molar refractivity (Wildman–Crippen MR) is 53.3 cm³/mol. The van der Waals surface area contributed by atoms with E-state index in [4.69, 9.17) is 5.11 Å². The molecule has 1 atom stereocenters. The smallest absolute Gasteiger partial charge is 0.0615 e. The largest absolute Gasteiger partial charge is 0.394 e. The van der Waals surface area contributed by atoms with Crippen LogP contribution in [-0.2, 0) is 0 Å². The van der Waals surface area contributed by atoms with Gasteiger partial charge in [0.2, 0.25) is 0 Å². The summed E-state index contributed by atoms with van der Waals surface area (Å²) in [6.45, 7) is 7.62. The van der Waals surface area contributed by atoms with Crippen molar-refractivity contribution in [3.05, 3.63) is 0 Å². The number of hydrogen-bond donors (Lipinski definition) is 1. The van der Waals surface area contributed by atoms with Crippen molar-refractivity contribution in [3.8, 4) is 0 Å². The predicted octanol–water partition coefficient (Wildman–Crippen LogP) is 1.88. The van der Waals surface area contributed by atoms with Crippen molar-refractivity contribution >= 4 is 0 Å². The molecular weight excluding hydrogens is 150 g/mol. The van der Waals surface area contributed by atoms with Crippen LogP contribution < -0.4 is 0 Å². The van der Waals surface area contributed by atoms with Gasteiger partial charge in [-0.15, -0.1) is 0 Å². The molecule has 1 aliphatic rings. The summed E-state index contributed by atoms with van der Waals surface area (Å²) in [5, 5.41) is 9.15. The number of nitrogens with zero attached hydrogens (tertiary/aromatic N) is 1. The lowest BCUT2D eigenvalue weighted by Crippen LogP contribution is -2.43. The van der Waals surface area contributed by atoms with E-state index in [0.29, 0.717) is 6.61 Å². The molecule has 0 saturated carbocycles. The maximum absolute atomic E-state index is 9.15. The highest BCUT2D eigenvalue weighted by Crippen LogP contribution is 2.29. The Labute approximate surface area is 76.6 Å². The maximum Gasteiger partial charge on any atom is 0.0615 e. The van der Waals surface area contributed by atoms with Crippen LogP contribution in [0.3, 0.4) is 0 Å². The molecule has 1 aliphatic heterocycles. The lowest BCUT2D eigenvalue weighted by molar-refractivity contribution is 0.0804. The van der Waals surface area contributed by atoms with Gasteiger partial charge in [0.1, 0.15) is 0 Å². The number of hydrogen-bond acceptors (Lipinski definition) is 2. The van der Waals surface area contributed by atoms with E-state index in [2.05, 4.69) is 18.9 Å². The second-order valence-electron chi connectivity index (χ2n) is 3.26. The van der Waals surface area contributed by atoms with Gasteiger partial charge in [0.15, 0.2) is 0 Å². The lowest BCUT2D eigenvalue weighted by Gasteiger charge is -2.33. The standard InChI is InChI=1S/C8H17NO.C2H6/c1-3-8(7-10)5-4-6-9(8)2;1-2/h10H,3-7H2,1-2H3;1-2H3/t8-;/m0./s1. The fraction of sp³-hybridized carbons (Fsp3) is 1.00. The van der Waals surface area contributed by atoms with Crippen LogP contribution in [0.2, 0.25) is 0 Å². The van der Waals surface area contributed by atoms with E-state index in [9.17, 15) is 0 Å². The Hall–Kier alpha value is -0.0800. The van der Waals surface area contributed by atoms with Crippen LogP contribution in [0, 0.1) is 0 Å². The number of aliphatic hydroxyl groups excluding tert-OH is 1. The molecule has 0 aromatic carbocycles. The molecular formula is C10H23NO. The van der Waals surface area contributed by atoms with E-state index < -0.39 is 0 Å². The summed E-state index contributed by atoms with van der Waals surface area (Å²) in [4.78, 5) is 2.28. The quantitative estimate of drug-likeness (QED) is 0.689. The Bertz CT molecular complexity index is 110. The SMILES string of the molecule is CC.CC[C@@]1(CO)CCCN1C. The summed E-state index contributed by atoms with van der Waals surface area (Å²) >= 11 is 0. The minimum Gasteiger partial charge on any atom is -0.394 e. The molecule has 0 bridgehead atoms. The topological polar surface area (TPSA) is 23.5 Å². The third-order valence-electron chi connectivity index (χ3n) is 2.90. The monoisotopic (exact) mass is 173 g/mol. The Morgan fingerprint density at radius 3 is 2.17 bits per heavy atom. The van der Waals surface area contributed by atoms with Crippen molar-refractivity contribution in [3.63, 3.8) is 0 Å². The Morgan fingerprint density at radius 1 is 1.42 bits per heavy atom. The average Bonchev–Trinajstić information content (AvgIpc) is 2.51. The minimum absolute atomic E-state index is 0.125. The van der Waals surface area contributed by atoms with E-state index in [-0.39, 0.29) is 5.54 Å². The van der Waals surface area contributed by atoms with Gasteiger partial charge >= 0.3 is 0 Å². The molecule has 74 valence electrons. The van der Waals surface area contributed by atoms with Crippen molar-refractivity contribution in [1.82, 2.24) is 4.90 Å². The summed E-state index contributed by atoms with van der Waals surface area (Å²) in [7, 11) is 2.10. The Balaban J connectivity index is 0.000000561. The van der Waals surface area contributed by atoms with E-state index in [1.54, 1.807) is 0 Å². The summed E-state index contributed by atoms with van der Waals surface area (Å²) in [5.74, 6) is 0. The van der Waals surface area contributed by atoms with E-state index in [1.165, 1.54) is 6.42 Å². The fourth-order valence-corrected chi connectivity index (χ4v) is 1.83. The first-order valence-corrected chi connectivity index (χ1v) is 5.07. The van der Waals surface area contributed by atoms with Crippen molar-refractivity contribution in [2.45, 2.75) is 45.6 Å². The molecule has 12 heavy (non-hydrogen) atoms. The minimum atomic E-state index is 0.125. The molecule has 0 radical (unpaired) electrons. The second-order valence-corrected chi connectivity index (χ2v) is 3.26. The van der Waals surface area contributed by atoms with Gasteiger partial charge in [-0.25, -0.2) is 0 Å². The van der Waals surface area contributed by atoms with Crippen LogP contribution in [0.5, 0.6) is 0 Å². The summed E-state index contributed by atoms with van der Waals surface area (Å²) in [5.41, 5.74) is 0.125. The van der Waals surface area contributed by atoms with E-state index in [1.807, 2.05) is 13.8 Å². The number of likely N-dealkylation sites (N-methyl/N-ethyl adjacent to an activating group) is 1. The summed E-state index contributed by atoms with van der Waals surface area (Å²) in [6, 6.07) is 0. The zero-order valence-electron chi connectivity index (χ0n) is 8.93. The summed E-state index contributed by atoms with van der Waals surface area (Å²) in [6.07, 6.45) is 3.47. The Kier molecular flexibility index (Phi) is 5.51. The van der Waals surface area contributed by atoms with Crippen LogP contribution in [0.25, 0.3) is 0 Å². The van der Waals surface area contributed by atoms with Gasteiger partial charge in [0.05, 0.1) is 6.61 Å². The molecule has 0 amide bonds. The maximum atomic E-state index is 9.15. The van der Waals surface area contributed by atoms with Gasteiger partial charge in [0, 0.05) is 5.54 Å². The van der Waals surface area contributed by atoms with Crippen LogP contribution >= 0.6 is 0 Å². The molecule has 0 aromatic rings. The molecule has 1 N–H and O–H groups in total. The van der Waals surface area contributed by atoms with Gasteiger partial charge in [-0.05, 0) is 32.9 Å². The van der Waals surface area contributed by atoms with Crippen LogP contribution in [-0.4, -0.2) is 35.7 Å². The average molecular weight is 173 g/mol. The highest BCUT2D eigenvalue weighted by Gasteiger charge is 2.35.